The van der Waals surface area contributed by atoms with E-state index in [0.29, 0.717) is 22.4 Å². The maximum absolute atomic E-state index is 12.0. The Morgan fingerprint density at radius 2 is 1.90 bits per heavy atom. The smallest absolute Gasteiger partial charge is 0.259 e. The Bertz CT molecular complexity index is 552. The van der Waals surface area contributed by atoms with E-state index >= 15 is 0 Å². The topological polar surface area (TPSA) is 61.4 Å². The first-order valence-electron chi connectivity index (χ1n) is 7.15. The summed E-state index contributed by atoms with van der Waals surface area (Å²) in [4.78, 5) is 26.1. The number of hydrogen-bond acceptors (Lipinski definition) is 4. The van der Waals surface area contributed by atoms with Crippen LogP contribution in [0.15, 0.2) is 24.3 Å². The van der Waals surface area contributed by atoms with E-state index in [9.17, 15) is 9.59 Å². The molecular formula is C15H18ClN3O2. The van der Waals surface area contributed by atoms with Gasteiger partial charge < -0.3 is 5.32 Å². The standard InChI is InChI=1S/C15H18ClN3O2/c16-13-4-2-1-3-12(13)15(21)18-14(20)9-19-7-10-5-17-6-11(10)8-19/h1-4,10-11,17H,5-9H2,(H,18,20,21). The number of hydrogen-bond donors (Lipinski definition) is 2. The molecule has 2 N–H and O–H groups in total. The van der Waals surface area contributed by atoms with Crippen molar-refractivity contribution in [3.8, 4) is 0 Å². The summed E-state index contributed by atoms with van der Waals surface area (Å²) < 4.78 is 0. The van der Waals surface area contributed by atoms with Gasteiger partial charge in [0.15, 0.2) is 0 Å². The number of likely N-dealkylation sites (tertiary alicyclic amines) is 1. The van der Waals surface area contributed by atoms with Gasteiger partial charge in [0.05, 0.1) is 17.1 Å². The van der Waals surface area contributed by atoms with Crippen molar-refractivity contribution in [2.75, 3.05) is 32.7 Å². The molecule has 5 nitrogen and oxygen atoms in total. The van der Waals surface area contributed by atoms with Crippen molar-refractivity contribution in [1.82, 2.24) is 15.5 Å². The second kappa shape index (κ2) is 6.13. The number of rotatable bonds is 3. The predicted molar refractivity (Wildman–Crippen MR) is 80.2 cm³/mol. The Morgan fingerprint density at radius 1 is 1.24 bits per heavy atom. The van der Waals surface area contributed by atoms with Gasteiger partial charge in [-0.2, -0.15) is 0 Å². The van der Waals surface area contributed by atoms with Crippen LogP contribution in [0.5, 0.6) is 0 Å². The molecule has 1 aromatic carbocycles. The normalized spacial score (nSPS) is 24.8. The Hall–Kier alpha value is -1.43. The molecule has 1 aromatic rings. The van der Waals surface area contributed by atoms with E-state index in [4.69, 9.17) is 11.6 Å². The first kappa shape index (κ1) is 14.5. The molecule has 2 heterocycles. The van der Waals surface area contributed by atoms with Gasteiger partial charge in [0.2, 0.25) is 5.91 Å². The van der Waals surface area contributed by atoms with Crippen LogP contribution in [0.1, 0.15) is 10.4 Å². The molecule has 6 heteroatoms. The number of benzene rings is 1. The zero-order chi connectivity index (χ0) is 14.8. The number of fused-ring (bicyclic) bond motifs is 1. The summed E-state index contributed by atoms with van der Waals surface area (Å²) in [6.45, 7) is 4.17. The molecular weight excluding hydrogens is 290 g/mol. The summed E-state index contributed by atoms with van der Waals surface area (Å²) >= 11 is 5.95. The van der Waals surface area contributed by atoms with E-state index in [-0.39, 0.29) is 12.5 Å². The molecule has 2 amide bonds. The summed E-state index contributed by atoms with van der Waals surface area (Å²) in [7, 11) is 0. The minimum atomic E-state index is -0.438. The molecule has 0 saturated carbocycles. The van der Waals surface area contributed by atoms with Crippen LogP contribution in [-0.2, 0) is 4.79 Å². The summed E-state index contributed by atoms with van der Waals surface area (Å²) in [5, 5.41) is 6.12. The maximum Gasteiger partial charge on any atom is 0.259 e. The van der Waals surface area contributed by atoms with E-state index in [2.05, 4.69) is 15.5 Å². The summed E-state index contributed by atoms with van der Waals surface area (Å²) in [5.74, 6) is 0.564. The summed E-state index contributed by atoms with van der Waals surface area (Å²) in [5.41, 5.74) is 0.329. The van der Waals surface area contributed by atoms with Gasteiger partial charge in [-0.3, -0.25) is 19.8 Å². The van der Waals surface area contributed by atoms with Crippen molar-refractivity contribution in [2.45, 2.75) is 0 Å². The van der Waals surface area contributed by atoms with Crippen LogP contribution >= 0.6 is 11.6 Å². The molecule has 2 aliphatic heterocycles. The highest BCUT2D eigenvalue weighted by molar-refractivity contribution is 6.34. The molecule has 21 heavy (non-hydrogen) atoms. The molecule has 2 aliphatic rings. The molecule has 0 spiro atoms. The van der Waals surface area contributed by atoms with Crippen molar-refractivity contribution >= 4 is 23.4 Å². The highest BCUT2D eigenvalue weighted by Crippen LogP contribution is 2.25. The second-order valence-corrected chi connectivity index (χ2v) is 6.14. The zero-order valence-electron chi connectivity index (χ0n) is 11.6. The van der Waals surface area contributed by atoms with Gasteiger partial charge in [0, 0.05) is 13.1 Å². The molecule has 112 valence electrons. The van der Waals surface area contributed by atoms with Crippen LogP contribution in [0.25, 0.3) is 0 Å². The maximum atomic E-state index is 12.0. The van der Waals surface area contributed by atoms with Gasteiger partial charge >= 0.3 is 0 Å². The number of carbonyl (C=O) groups is 2. The number of imide groups is 1. The van der Waals surface area contributed by atoms with Crippen molar-refractivity contribution in [3.63, 3.8) is 0 Å². The Morgan fingerprint density at radius 3 is 2.57 bits per heavy atom. The minimum absolute atomic E-state index is 0.267. The lowest BCUT2D eigenvalue weighted by atomic mass is 10.0. The van der Waals surface area contributed by atoms with E-state index in [1.807, 2.05) is 0 Å². The van der Waals surface area contributed by atoms with Crippen molar-refractivity contribution in [3.05, 3.63) is 34.9 Å². The van der Waals surface area contributed by atoms with E-state index < -0.39 is 5.91 Å². The molecule has 2 saturated heterocycles. The first-order chi connectivity index (χ1) is 10.1. The van der Waals surface area contributed by atoms with Gasteiger partial charge in [-0.15, -0.1) is 0 Å². The minimum Gasteiger partial charge on any atom is -0.316 e. The molecule has 2 unspecified atom stereocenters. The number of nitrogens with one attached hydrogen (secondary N) is 2. The fourth-order valence-electron chi connectivity index (χ4n) is 3.16. The van der Waals surface area contributed by atoms with Crippen molar-refractivity contribution in [2.24, 2.45) is 11.8 Å². The number of halogens is 1. The van der Waals surface area contributed by atoms with Gasteiger partial charge in [-0.05, 0) is 37.1 Å². The molecule has 2 fully saturated rings. The van der Waals surface area contributed by atoms with E-state index in [0.717, 1.165) is 26.2 Å². The summed E-state index contributed by atoms with van der Waals surface area (Å²) in [6, 6.07) is 6.71. The van der Waals surface area contributed by atoms with E-state index in [1.165, 1.54) is 0 Å². The van der Waals surface area contributed by atoms with Gasteiger partial charge in [0.1, 0.15) is 0 Å². The second-order valence-electron chi connectivity index (χ2n) is 5.73. The van der Waals surface area contributed by atoms with Gasteiger partial charge in [-0.1, -0.05) is 23.7 Å². The molecule has 2 atom stereocenters. The predicted octanol–water partition coefficient (Wildman–Crippen LogP) is 0.748. The molecule has 0 bridgehead atoms. The Balaban J connectivity index is 1.53. The van der Waals surface area contributed by atoms with Crippen molar-refractivity contribution < 1.29 is 9.59 Å². The van der Waals surface area contributed by atoms with Crippen LogP contribution < -0.4 is 10.6 Å². The van der Waals surface area contributed by atoms with E-state index in [1.54, 1.807) is 24.3 Å². The van der Waals surface area contributed by atoms with Crippen LogP contribution in [0.4, 0.5) is 0 Å². The molecule has 3 rings (SSSR count). The van der Waals surface area contributed by atoms with Gasteiger partial charge in [0.25, 0.3) is 5.91 Å². The lowest BCUT2D eigenvalue weighted by Gasteiger charge is -2.16. The lowest BCUT2D eigenvalue weighted by Crippen LogP contribution is -2.40. The fraction of sp³-hybridized carbons (Fsp3) is 0.467. The van der Waals surface area contributed by atoms with Crippen LogP contribution in [0, 0.1) is 11.8 Å². The first-order valence-corrected chi connectivity index (χ1v) is 7.53. The highest BCUT2D eigenvalue weighted by Gasteiger charge is 2.36. The lowest BCUT2D eigenvalue weighted by molar-refractivity contribution is -0.121. The number of nitrogens with zero attached hydrogens (tertiary/aromatic N) is 1. The fourth-order valence-corrected chi connectivity index (χ4v) is 3.39. The quantitative estimate of drug-likeness (QED) is 0.865. The molecule has 0 radical (unpaired) electrons. The third-order valence-electron chi connectivity index (χ3n) is 4.20. The Labute approximate surface area is 128 Å². The Kier molecular flexibility index (Phi) is 4.24. The monoisotopic (exact) mass is 307 g/mol. The summed E-state index contributed by atoms with van der Waals surface area (Å²) in [6.07, 6.45) is 0. The average molecular weight is 308 g/mol. The van der Waals surface area contributed by atoms with Crippen LogP contribution in [0.3, 0.4) is 0 Å². The third kappa shape index (κ3) is 3.26. The van der Waals surface area contributed by atoms with Crippen molar-refractivity contribution in [1.29, 1.82) is 0 Å². The number of amides is 2. The van der Waals surface area contributed by atoms with Crippen LogP contribution in [-0.4, -0.2) is 49.4 Å². The molecule has 0 aliphatic carbocycles. The van der Waals surface area contributed by atoms with Gasteiger partial charge in [-0.25, -0.2) is 0 Å². The highest BCUT2D eigenvalue weighted by atomic mass is 35.5. The molecule has 0 aromatic heterocycles. The zero-order valence-corrected chi connectivity index (χ0v) is 12.4. The SMILES string of the molecule is O=C(CN1CC2CNCC2C1)NC(=O)c1ccccc1Cl. The largest absolute Gasteiger partial charge is 0.316 e. The number of carbonyl (C=O) groups excluding carboxylic acids is 2. The average Bonchev–Trinajstić information content (AvgIpc) is 2.99. The third-order valence-corrected chi connectivity index (χ3v) is 4.53. The van der Waals surface area contributed by atoms with Crippen LogP contribution in [0.2, 0.25) is 5.02 Å².